The molecule has 0 aliphatic carbocycles. The first-order valence-electron chi connectivity index (χ1n) is 3.08. The third-order valence-corrected chi connectivity index (χ3v) is 0.901. The molecule has 0 aromatic rings. The number of rotatable bonds is 1. The van der Waals surface area contributed by atoms with E-state index in [2.05, 4.69) is 34.6 Å². The fourth-order valence-electron chi connectivity index (χ4n) is 0.866. The zero-order chi connectivity index (χ0) is 6.78. The smallest absolute Gasteiger partial charge is 0 e. The molecular weight excluding hydrogens is 185 g/mol. The van der Waals surface area contributed by atoms with Gasteiger partial charge in [0.25, 0.3) is 0 Å². The summed E-state index contributed by atoms with van der Waals surface area (Å²) in [4.78, 5) is 0. The van der Waals surface area contributed by atoms with Crippen LogP contribution in [0.15, 0.2) is 0 Å². The van der Waals surface area contributed by atoms with Gasteiger partial charge in [-0.3, -0.25) is 0 Å². The standard InChI is InChI=1S/C8H16.Y/c1-7(2)6-8(3,4)5;/h7H,1-2,6H2,3-5H3;/q-2;. The third kappa shape index (κ3) is 12.3. The molecule has 0 aromatic heterocycles. The molecule has 9 heavy (non-hydrogen) atoms. The van der Waals surface area contributed by atoms with Gasteiger partial charge >= 0.3 is 0 Å². The molecule has 0 unspecified atom stereocenters. The normalized spacial score (nSPS) is 11.3. The molecule has 0 bridgehead atoms. The Labute approximate surface area is 84.7 Å². The maximum Gasteiger partial charge on any atom is 0 e. The summed E-state index contributed by atoms with van der Waals surface area (Å²) < 4.78 is 0. The first kappa shape index (κ1) is 12.8. The maximum atomic E-state index is 3.81. The van der Waals surface area contributed by atoms with Gasteiger partial charge in [0.05, 0.1) is 0 Å². The minimum Gasteiger partial charge on any atom is -0.369 e. The first-order chi connectivity index (χ1) is 3.42. The zero-order valence-corrected chi connectivity index (χ0v) is 9.61. The van der Waals surface area contributed by atoms with Crippen LogP contribution in [-0.4, -0.2) is 0 Å². The van der Waals surface area contributed by atoms with E-state index in [1.165, 1.54) is 0 Å². The van der Waals surface area contributed by atoms with Gasteiger partial charge in [0.15, 0.2) is 0 Å². The van der Waals surface area contributed by atoms with Gasteiger partial charge in [-0.1, -0.05) is 27.2 Å². The van der Waals surface area contributed by atoms with Crippen molar-refractivity contribution in [1.29, 1.82) is 0 Å². The van der Waals surface area contributed by atoms with Crippen molar-refractivity contribution in [1.82, 2.24) is 0 Å². The topological polar surface area (TPSA) is 0 Å². The summed E-state index contributed by atoms with van der Waals surface area (Å²) in [5.41, 5.74) is 0.397. The molecule has 1 heteroatoms. The van der Waals surface area contributed by atoms with E-state index < -0.39 is 0 Å². The Morgan fingerprint density at radius 3 is 1.56 bits per heavy atom. The van der Waals surface area contributed by atoms with E-state index in [0.717, 1.165) is 6.42 Å². The van der Waals surface area contributed by atoms with E-state index >= 15 is 0 Å². The molecule has 0 heterocycles. The molecule has 0 amide bonds. The second-order valence-electron chi connectivity index (χ2n) is 3.63. The van der Waals surface area contributed by atoms with Crippen LogP contribution in [0.2, 0.25) is 0 Å². The van der Waals surface area contributed by atoms with Gasteiger partial charge in [-0.15, -0.1) is 0 Å². The van der Waals surface area contributed by atoms with Crippen molar-refractivity contribution in [2.45, 2.75) is 27.2 Å². The zero-order valence-electron chi connectivity index (χ0n) is 6.78. The minimum absolute atomic E-state index is 0. The van der Waals surface area contributed by atoms with Gasteiger partial charge in [-0.2, -0.15) is 0 Å². The Balaban J connectivity index is 0. The summed E-state index contributed by atoms with van der Waals surface area (Å²) in [6.45, 7) is 14.2. The van der Waals surface area contributed by atoms with Crippen molar-refractivity contribution < 1.29 is 32.7 Å². The molecule has 0 atom stereocenters. The van der Waals surface area contributed by atoms with Crippen molar-refractivity contribution in [2.24, 2.45) is 11.3 Å². The van der Waals surface area contributed by atoms with Crippen molar-refractivity contribution in [3.63, 3.8) is 0 Å². The van der Waals surface area contributed by atoms with Crippen LogP contribution < -0.4 is 0 Å². The Morgan fingerprint density at radius 1 is 1.22 bits per heavy atom. The molecule has 0 saturated heterocycles. The predicted octanol–water partition coefficient (Wildman–Crippen LogP) is 2.70. The summed E-state index contributed by atoms with van der Waals surface area (Å²) >= 11 is 0. The summed E-state index contributed by atoms with van der Waals surface area (Å²) in [5.74, 6) is 0.343. The van der Waals surface area contributed by atoms with Crippen LogP contribution in [0.25, 0.3) is 0 Å². The summed E-state index contributed by atoms with van der Waals surface area (Å²) in [5, 5.41) is 0. The number of hydrogen-bond acceptors (Lipinski definition) is 0. The van der Waals surface area contributed by atoms with Crippen LogP contribution in [0.4, 0.5) is 0 Å². The monoisotopic (exact) mass is 201 g/mol. The predicted molar refractivity (Wildman–Crippen MR) is 38.3 cm³/mol. The molecule has 1 radical (unpaired) electrons. The molecule has 0 nitrogen and oxygen atoms in total. The van der Waals surface area contributed by atoms with E-state index in [-0.39, 0.29) is 32.7 Å². The summed E-state index contributed by atoms with van der Waals surface area (Å²) in [7, 11) is 0. The van der Waals surface area contributed by atoms with Gasteiger partial charge in [0, 0.05) is 32.7 Å². The van der Waals surface area contributed by atoms with E-state index in [1.807, 2.05) is 0 Å². The Morgan fingerprint density at radius 2 is 1.56 bits per heavy atom. The van der Waals surface area contributed by atoms with Gasteiger partial charge in [-0.25, -0.2) is 0 Å². The van der Waals surface area contributed by atoms with E-state index in [0.29, 0.717) is 11.3 Å². The summed E-state index contributed by atoms with van der Waals surface area (Å²) in [6, 6.07) is 0. The third-order valence-electron chi connectivity index (χ3n) is 0.901. The molecule has 0 aliphatic rings. The van der Waals surface area contributed by atoms with Gasteiger partial charge in [0.2, 0.25) is 0 Å². The van der Waals surface area contributed by atoms with E-state index in [9.17, 15) is 0 Å². The average molecular weight is 201 g/mol. The van der Waals surface area contributed by atoms with Gasteiger partial charge < -0.3 is 19.8 Å². The van der Waals surface area contributed by atoms with Crippen molar-refractivity contribution in [2.75, 3.05) is 0 Å². The Kier molecular flexibility index (Phi) is 6.87. The van der Waals surface area contributed by atoms with Crippen LogP contribution in [-0.2, 0) is 32.7 Å². The Bertz CT molecular complexity index is 59.5. The van der Waals surface area contributed by atoms with E-state index in [1.54, 1.807) is 0 Å². The molecule has 0 saturated carbocycles. The molecule has 0 fully saturated rings. The van der Waals surface area contributed by atoms with Crippen molar-refractivity contribution in [3.05, 3.63) is 13.8 Å². The van der Waals surface area contributed by atoms with E-state index in [4.69, 9.17) is 0 Å². The van der Waals surface area contributed by atoms with Crippen molar-refractivity contribution >= 4 is 0 Å². The SMILES string of the molecule is [CH2-]C([CH2-])CC(C)(C)C.[Y]. The van der Waals surface area contributed by atoms with Crippen molar-refractivity contribution in [3.8, 4) is 0 Å². The summed E-state index contributed by atoms with van der Waals surface area (Å²) in [6.07, 6.45) is 1.10. The molecule has 0 aliphatic heterocycles. The average Bonchev–Trinajstić information content (AvgIpc) is 1.21. The van der Waals surface area contributed by atoms with Gasteiger partial charge in [0.1, 0.15) is 0 Å². The molecule has 0 spiro atoms. The second kappa shape index (κ2) is 4.85. The maximum absolute atomic E-state index is 3.81. The first-order valence-corrected chi connectivity index (χ1v) is 3.08. The minimum atomic E-state index is 0. The molecule has 0 aromatic carbocycles. The van der Waals surface area contributed by atoms with Crippen LogP contribution in [0.3, 0.4) is 0 Å². The van der Waals surface area contributed by atoms with Gasteiger partial charge in [-0.05, 0) is 5.41 Å². The van der Waals surface area contributed by atoms with Crippen LogP contribution >= 0.6 is 0 Å². The van der Waals surface area contributed by atoms with Crippen LogP contribution in [0.5, 0.6) is 0 Å². The fraction of sp³-hybridized carbons (Fsp3) is 0.750. The number of hydrogen-bond donors (Lipinski definition) is 0. The largest absolute Gasteiger partial charge is 0.369 e. The molecular formula is C8H16Y-2. The second-order valence-corrected chi connectivity index (χ2v) is 3.63. The molecule has 53 valence electrons. The molecule has 0 N–H and O–H groups in total. The quantitative estimate of drug-likeness (QED) is 0.572. The Hall–Kier alpha value is 1.10. The van der Waals surface area contributed by atoms with Crippen LogP contribution in [0, 0.1) is 25.2 Å². The fourth-order valence-corrected chi connectivity index (χ4v) is 0.866. The molecule has 0 rings (SSSR count). The van der Waals surface area contributed by atoms with Crippen LogP contribution in [0.1, 0.15) is 27.2 Å².